The van der Waals surface area contributed by atoms with Crippen LogP contribution in [-0.4, -0.2) is 9.97 Å². The lowest BCUT2D eigenvalue weighted by Crippen LogP contribution is -2.14. The standard InChI is InChI=1S/C57H38N2O/c1-57(2)47-23-11-21-43(53(47)46-32-39-16-6-7-17-40(39)33-48(46)57)36-25-27-37(28-26-36)49-34-50(59-56(58-49)38-14-4-3-5-15-38)42-19-10-18-41(31-42)45-22-12-24-51-55(45)54-44-20-9-8-13-35(44)29-30-52(54)60-51/h3-34H,1-2H3. The van der Waals surface area contributed by atoms with Crippen molar-refractivity contribution in [1.29, 1.82) is 0 Å². The lowest BCUT2D eigenvalue weighted by Gasteiger charge is -2.22. The summed E-state index contributed by atoms with van der Waals surface area (Å²) in [5.74, 6) is 0.693. The molecule has 0 N–H and O–H groups in total. The molecule has 0 amide bonds. The molecule has 3 heteroatoms. The monoisotopic (exact) mass is 766 g/mol. The number of aromatic nitrogens is 2. The molecule has 3 nitrogen and oxygen atoms in total. The fraction of sp³-hybridized carbons (Fsp3) is 0.0526. The van der Waals surface area contributed by atoms with Gasteiger partial charge in [0.1, 0.15) is 11.2 Å². The van der Waals surface area contributed by atoms with E-state index in [-0.39, 0.29) is 5.41 Å². The number of fused-ring (bicyclic) bond motifs is 9. The number of nitrogens with zero attached hydrogens (tertiary/aromatic N) is 2. The second-order valence-corrected chi connectivity index (χ2v) is 16.5. The largest absolute Gasteiger partial charge is 0.456 e. The number of rotatable bonds is 5. The molecular formula is C57H38N2O. The third-order valence-electron chi connectivity index (χ3n) is 12.7. The van der Waals surface area contributed by atoms with Crippen LogP contribution < -0.4 is 0 Å². The van der Waals surface area contributed by atoms with Crippen LogP contribution in [0.2, 0.25) is 0 Å². The molecule has 0 saturated heterocycles. The quantitative estimate of drug-likeness (QED) is 0.175. The van der Waals surface area contributed by atoms with Crippen molar-refractivity contribution in [3.63, 3.8) is 0 Å². The minimum absolute atomic E-state index is 0.0969. The lowest BCUT2D eigenvalue weighted by molar-refractivity contribution is 0.661. The molecule has 12 rings (SSSR count). The van der Waals surface area contributed by atoms with Crippen LogP contribution in [0.5, 0.6) is 0 Å². The van der Waals surface area contributed by atoms with Gasteiger partial charge in [-0.3, -0.25) is 0 Å². The Balaban J connectivity index is 0.972. The van der Waals surface area contributed by atoms with Crippen LogP contribution in [0.15, 0.2) is 199 Å². The molecule has 0 saturated carbocycles. The second kappa shape index (κ2) is 13.2. The van der Waals surface area contributed by atoms with Crippen LogP contribution in [0, 0.1) is 0 Å². The van der Waals surface area contributed by atoms with Crippen LogP contribution in [0.25, 0.3) is 111 Å². The molecule has 11 aromatic rings. The predicted octanol–water partition coefficient (Wildman–Crippen LogP) is 15.3. The van der Waals surface area contributed by atoms with Crippen molar-refractivity contribution >= 4 is 43.5 Å². The molecule has 1 aliphatic rings. The maximum Gasteiger partial charge on any atom is 0.160 e. The maximum atomic E-state index is 6.44. The third kappa shape index (κ3) is 5.36. The Morgan fingerprint density at radius 2 is 1.02 bits per heavy atom. The highest BCUT2D eigenvalue weighted by Crippen LogP contribution is 2.53. The molecule has 0 aliphatic heterocycles. The van der Waals surface area contributed by atoms with Crippen LogP contribution in [0.4, 0.5) is 0 Å². The van der Waals surface area contributed by atoms with Gasteiger partial charge >= 0.3 is 0 Å². The summed E-state index contributed by atoms with van der Waals surface area (Å²) in [6.45, 7) is 4.71. The summed E-state index contributed by atoms with van der Waals surface area (Å²) in [6.07, 6.45) is 0. The Labute approximate surface area is 348 Å². The van der Waals surface area contributed by atoms with E-state index in [1.54, 1.807) is 0 Å². The Bertz CT molecular complexity index is 3500. The lowest BCUT2D eigenvalue weighted by atomic mass is 9.81. The highest BCUT2D eigenvalue weighted by atomic mass is 16.3. The number of hydrogen-bond acceptors (Lipinski definition) is 3. The minimum Gasteiger partial charge on any atom is -0.456 e. The number of hydrogen-bond donors (Lipinski definition) is 0. The van der Waals surface area contributed by atoms with Gasteiger partial charge in [0, 0.05) is 32.9 Å². The topological polar surface area (TPSA) is 38.9 Å². The predicted molar refractivity (Wildman–Crippen MR) is 249 cm³/mol. The van der Waals surface area contributed by atoms with Crippen molar-refractivity contribution in [1.82, 2.24) is 9.97 Å². The summed E-state index contributed by atoms with van der Waals surface area (Å²) in [6, 6.07) is 69.4. The first-order valence-electron chi connectivity index (χ1n) is 20.6. The van der Waals surface area contributed by atoms with Crippen molar-refractivity contribution in [2.75, 3.05) is 0 Å². The Kier molecular flexibility index (Phi) is 7.58. The SMILES string of the molecule is CC1(C)c2cc3ccccc3cc2-c2c(-c3ccc(-c4cc(-c5cccc(-c6cccc7oc8ccc9ccccc9c8c67)c5)nc(-c5ccccc5)n4)cc3)cccc21. The van der Waals surface area contributed by atoms with Gasteiger partial charge < -0.3 is 4.42 Å². The van der Waals surface area contributed by atoms with E-state index in [1.165, 1.54) is 54.9 Å². The van der Waals surface area contributed by atoms with E-state index >= 15 is 0 Å². The zero-order valence-corrected chi connectivity index (χ0v) is 33.3. The van der Waals surface area contributed by atoms with Crippen LogP contribution in [0.1, 0.15) is 25.0 Å². The molecule has 0 spiro atoms. The molecule has 0 fully saturated rings. The molecule has 0 atom stereocenters. The summed E-state index contributed by atoms with van der Waals surface area (Å²) in [4.78, 5) is 10.4. The van der Waals surface area contributed by atoms with Crippen LogP contribution >= 0.6 is 0 Å². The first-order valence-corrected chi connectivity index (χ1v) is 20.6. The molecule has 0 bridgehead atoms. The van der Waals surface area contributed by atoms with Gasteiger partial charge in [-0.25, -0.2) is 9.97 Å². The van der Waals surface area contributed by atoms with E-state index in [1.807, 2.05) is 18.2 Å². The normalized spacial score (nSPS) is 13.0. The van der Waals surface area contributed by atoms with Crippen molar-refractivity contribution in [3.8, 4) is 67.3 Å². The van der Waals surface area contributed by atoms with Crippen molar-refractivity contribution in [3.05, 3.63) is 205 Å². The van der Waals surface area contributed by atoms with Gasteiger partial charge in [-0.05, 0) is 102 Å². The zero-order valence-electron chi connectivity index (χ0n) is 33.3. The zero-order chi connectivity index (χ0) is 40.0. The minimum atomic E-state index is -0.0969. The molecule has 1 aliphatic carbocycles. The Hall–Kier alpha value is -7.62. The summed E-state index contributed by atoms with van der Waals surface area (Å²) in [5, 5.41) is 7.21. The Morgan fingerprint density at radius 1 is 0.383 bits per heavy atom. The van der Waals surface area contributed by atoms with Crippen LogP contribution in [-0.2, 0) is 5.41 Å². The van der Waals surface area contributed by atoms with Gasteiger partial charge in [0.2, 0.25) is 0 Å². The summed E-state index contributed by atoms with van der Waals surface area (Å²) in [5.41, 5.74) is 16.5. The van der Waals surface area contributed by atoms with Gasteiger partial charge in [0.15, 0.2) is 5.82 Å². The summed E-state index contributed by atoms with van der Waals surface area (Å²) < 4.78 is 6.44. The maximum absolute atomic E-state index is 6.44. The van der Waals surface area contributed by atoms with E-state index in [0.29, 0.717) is 5.82 Å². The molecule has 60 heavy (non-hydrogen) atoms. The van der Waals surface area contributed by atoms with Crippen molar-refractivity contribution in [2.24, 2.45) is 0 Å². The van der Waals surface area contributed by atoms with Crippen molar-refractivity contribution < 1.29 is 4.42 Å². The molecular weight excluding hydrogens is 729 g/mol. The second-order valence-electron chi connectivity index (χ2n) is 16.5. The highest BCUT2D eigenvalue weighted by molar-refractivity contribution is 6.22. The summed E-state index contributed by atoms with van der Waals surface area (Å²) >= 11 is 0. The first-order chi connectivity index (χ1) is 29.5. The van der Waals surface area contributed by atoms with Gasteiger partial charge in [-0.15, -0.1) is 0 Å². The van der Waals surface area contributed by atoms with Gasteiger partial charge in [-0.2, -0.15) is 0 Å². The van der Waals surface area contributed by atoms with E-state index in [2.05, 4.69) is 190 Å². The highest BCUT2D eigenvalue weighted by Gasteiger charge is 2.37. The fourth-order valence-electron chi connectivity index (χ4n) is 9.67. The summed E-state index contributed by atoms with van der Waals surface area (Å²) in [7, 11) is 0. The molecule has 282 valence electrons. The number of furan rings is 1. The Morgan fingerprint density at radius 3 is 1.85 bits per heavy atom. The molecule has 2 aromatic heterocycles. The molecule has 9 aromatic carbocycles. The smallest absolute Gasteiger partial charge is 0.160 e. The first kappa shape index (κ1) is 34.4. The number of benzene rings is 9. The van der Waals surface area contributed by atoms with E-state index in [0.717, 1.165) is 61.1 Å². The van der Waals surface area contributed by atoms with Crippen molar-refractivity contribution in [2.45, 2.75) is 19.3 Å². The van der Waals surface area contributed by atoms with E-state index in [9.17, 15) is 0 Å². The average Bonchev–Trinajstić information content (AvgIpc) is 3.80. The van der Waals surface area contributed by atoms with Gasteiger partial charge in [-0.1, -0.05) is 172 Å². The van der Waals surface area contributed by atoms with E-state index in [4.69, 9.17) is 14.4 Å². The van der Waals surface area contributed by atoms with Crippen LogP contribution in [0.3, 0.4) is 0 Å². The molecule has 0 radical (unpaired) electrons. The fourth-order valence-corrected chi connectivity index (χ4v) is 9.67. The average molecular weight is 767 g/mol. The van der Waals surface area contributed by atoms with E-state index < -0.39 is 0 Å². The van der Waals surface area contributed by atoms with Gasteiger partial charge in [0.05, 0.1) is 11.4 Å². The molecule has 2 heterocycles. The third-order valence-corrected chi connectivity index (χ3v) is 12.7. The molecule has 0 unspecified atom stereocenters. The van der Waals surface area contributed by atoms with Gasteiger partial charge in [0.25, 0.3) is 0 Å².